The van der Waals surface area contributed by atoms with E-state index < -0.39 is 0 Å². The quantitative estimate of drug-likeness (QED) is 0.591. The van der Waals surface area contributed by atoms with Crippen molar-refractivity contribution in [2.75, 3.05) is 13.2 Å². The summed E-state index contributed by atoms with van der Waals surface area (Å²) in [4.78, 5) is 24.0. The molecule has 2 aromatic rings. The van der Waals surface area contributed by atoms with E-state index in [-0.39, 0.29) is 24.8 Å². The van der Waals surface area contributed by atoms with E-state index in [4.69, 9.17) is 9.47 Å². The van der Waals surface area contributed by atoms with E-state index in [9.17, 15) is 9.59 Å². The Morgan fingerprint density at radius 2 is 1.60 bits per heavy atom. The smallest absolute Gasteiger partial charge is 0.262 e. The third-order valence-electron chi connectivity index (χ3n) is 4.54. The van der Waals surface area contributed by atoms with Crippen LogP contribution in [0.5, 0.6) is 11.5 Å². The molecule has 0 unspecified atom stereocenters. The number of hydrogen-bond donors (Lipinski definition) is 2. The van der Waals surface area contributed by atoms with Crippen LogP contribution in [0.25, 0.3) is 0 Å². The van der Waals surface area contributed by atoms with E-state index in [1.54, 1.807) is 0 Å². The molecule has 0 aromatic heterocycles. The van der Waals surface area contributed by atoms with Crippen LogP contribution in [0.3, 0.4) is 0 Å². The van der Waals surface area contributed by atoms with Crippen molar-refractivity contribution < 1.29 is 19.1 Å². The largest absolute Gasteiger partial charge is 0.494 e. The normalized spacial score (nSPS) is 10.2. The van der Waals surface area contributed by atoms with E-state index in [0.29, 0.717) is 31.0 Å². The minimum Gasteiger partial charge on any atom is -0.494 e. The van der Waals surface area contributed by atoms with Gasteiger partial charge in [0.25, 0.3) is 5.91 Å². The number of nitrogens with one attached hydrogen (secondary N) is 2. The molecule has 0 bridgehead atoms. The Morgan fingerprint density at radius 3 is 2.27 bits per heavy atom. The summed E-state index contributed by atoms with van der Waals surface area (Å²) in [5, 5.41) is 5.53. The average Bonchev–Trinajstić information content (AvgIpc) is 2.73. The first kappa shape index (κ1) is 23.0. The third kappa shape index (κ3) is 7.99. The SMILES string of the molecule is C=C(CCC(=O)NCc1ccc(OCC)cc1)NC(=O)COc1ccc(C)c(C)c1. The zero-order valence-electron chi connectivity index (χ0n) is 17.9. The summed E-state index contributed by atoms with van der Waals surface area (Å²) in [7, 11) is 0. The zero-order valence-corrected chi connectivity index (χ0v) is 17.9. The van der Waals surface area contributed by atoms with E-state index >= 15 is 0 Å². The van der Waals surface area contributed by atoms with Gasteiger partial charge in [-0.1, -0.05) is 24.8 Å². The van der Waals surface area contributed by atoms with Crippen molar-refractivity contribution in [2.24, 2.45) is 0 Å². The first-order valence-corrected chi connectivity index (χ1v) is 10.0. The molecule has 0 radical (unpaired) electrons. The van der Waals surface area contributed by atoms with Gasteiger partial charge in [-0.15, -0.1) is 0 Å². The van der Waals surface area contributed by atoms with Gasteiger partial charge < -0.3 is 20.1 Å². The monoisotopic (exact) mass is 410 g/mol. The van der Waals surface area contributed by atoms with Gasteiger partial charge in [-0.2, -0.15) is 0 Å². The van der Waals surface area contributed by atoms with Crippen LogP contribution in [0.15, 0.2) is 54.7 Å². The van der Waals surface area contributed by atoms with Crippen molar-refractivity contribution in [2.45, 2.75) is 40.2 Å². The molecule has 0 fully saturated rings. The molecule has 2 rings (SSSR count). The summed E-state index contributed by atoms with van der Waals surface area (Å²) in [6, 6.07) is 13.3. The second-order valence-electron chi connectivity index (χ2n) is 7.04. The summed E-state index contributed by atoms with van der Waals surface area (Å²) in [6.07, 6.45) is 0.610. The fourth-order valence-electron chi connectivity index (χ4n) is 2.67. The van der Waals surface area contributed by atoms with Gasteiger partial charge in [0.05, 0.1) is 6.61 Å². The lowest BCUT2D eigenvalue weighted by Gasteiger charge is -2.11. The number of allylic oxidation sites excluding steroid dienone is 1. The molecule has 0 heterocycles. The maximum absolute atomic E-state index is 12.0. The zero-order chi connectivity index (χ0) is 21.9. The number of aryl methyl sites for hydroxylation is 2. The number of ether oxygens (including phenoxy) is 2. The molecule has 2 aromatic carbocycles. The molecule has 0 aliphatic rings. The van der Waals surface area contributed by atoms with Gasteiger partial charge in [-0.05, 0) is 68.1 Å². The minimum atomic E-state index is -0.298. The maximum atomic E-state index is 12.0. The average molecular weight is 411 g/mol. The molecule has 0 spiro atoms. The molecule has 6 nitrogen and oxygen atoms in total. The molecule has 2 amide bonds. The van der Waals surface area contributed by atoms with Gasteiger partial charge in [0.1, 0.15) is 11.5 Å². The van der Waals surface area contributed by atoms with Gasteiger partial charge in [-0.3, -0.25) is 9.59 Å². The number of carbonyl (C=O) groups excluding carboxylic acids is 2. The molecule has 0 saturated carbocycles. The summed E-state index contributed by atoms with van der Waals surface area (Å²) in [5.41, 5.74) is 3.75. The Balaban J connectivity index is 1.64. The molecular formula is C24H30N2O4. The van der Waals surface area contributed by atoms with Crippen LogP contribution in [0, 0.1) is 13.8 Å². The highest BCUT2D eigenvalue weighted by atomic mass is 16.5. The fourth-order valence-corrected chi connectivity index (χ4v) is 2.67. The van der Waals surface area contributed by atoms with E-state index in [0.717, 1.165) is 16.9 Å². The molecule has 160 valence electrons. The molecule has 30 heavy (non-hydrogen) atoms. The van der Waals surface area contributed by atoms with Crippen molar-refractivity contribution in [1.29, 1.82) is 0 Å². The van der Waals surface area contributed by atoms with Crippen LogP contribution in [-0.4, -0.2) is 25.0 Å². The van der Waals surface area contributed by atoms with E-state index in [1.165, 1.54) is 5.56 Å². The van der Waals surface area contributed by atoms with Crippen molar-refractivity contribution >= 4 is 11.8 Å². The van der Waals surface area contributed by atoms with Crippen molar-refractivity contribution in [3.05, 3.63) is 71.4 Å². The third-order valence-corrected chi connectivity index (χ3v) is 4.54. The molecular weight excluding hydrogens is 380 g/mol. The van der Waals surface area contributed by atoms with E-state index in [1.807, 2.05) is 63.2 Å². The highest BCUT2D eigenvalue weighted by Crippen LogP contribution is 2.16. The Labute approximate surface area is 178 Å². The van der Waals surface area contributed by atoms with Gasteiger partial charge in [0.15, 0.2) is 6.61 Å². The second kappa shape index (κ2) is 11.7. The standard InChI is InChI=1S/C24H30N2O4/c1-5-29-21-11-8-20(9-12-21)15-25-23(27)13-7-19(4)26-24(28)16-30-22-10-6-17(2)18(3)14-22/h6,8-12,14H,4-5,7,13,15-16H2,1-3H3,(H,25,27)(H,26,28). The van der Waals surface area contributed by atoms with E-state index in [2.05, 4.69) is 17.2 Å². The Morgan fingerprint density at radius 1 is 0.900 bits per heavy atom. The molecule has 2 N–H and O–H groups in total. The topological polar surface area (TPSA) is 76.7 Å². The molecule has 0 aliphatic heterocycles. The first-order valence-electron chi connectivity index (χ1n) is 10.0. The summed E-state index contributed by atoms with van der Waals surface area (Å²) in [5.74, 6) is 1.05. The van der Waals surface area contributed by atoms with Gasteiger partial charge in [-0.25, -0.2) is 0 Å². The van der Waals surface area contributed by atoms with Crippen LogP contribution >= 0.6 is 0 Å². The lowest BCUT2D eigenvalue weighted by molar-refractivity contribution is -0.123. The summed E-state index contributed by atoms with van der Waals surface area (Å²) in [6.45, 7) is 10.7. The van der Waals surface area contributed by atoms with Crippen LogP contribution < -0.4 is 20.1 Å². The number of amides is 2. The van der Waals surface area contributed by atoms with Crippen LogP contribution in [0.4, 0.5) is 0 Å². The number of carbonyl (C=O) groups is 2. The van der Waals surface area contributed by atoms with Gasteiger partial charge >= 0.3 is 0 Å². The van der Waals surface area contributed by atoms with Gasteiger partial charge in [0.2, 0.25) is 5.91 Å². The predicted molar refractivity (Wildman–Crippen MR) is 117 cm³/mol. The minimum absolute atomic E-state index is 0.106. The molecule has 0 atom stereocenters. The summed E-state index contributed by atoms with van der Waals surface area (Å²) < 4.78 is 10.9. The summed E-state index contributed by atoms with van der Waals surface area (Å²) >= 11 is 0. The van der Waals surface area contributed by atoms with Gasteiger partial charge in [0, 0.05) is 18.7 Å². The van der Waals surface area contributed by atoms with Crippen molar-refractivity contribution in [3.8, 4) is 11.5 Å². The molecule has 0 saturated heterocycles. The first-order chi connectivity index (χ1) is 14.4. The van der Waals surface area contributed by atoms with Crippen LogP contribution in [0.2, 0.25) is 0 Å². The Hall–Kier alpha value is -3.28. The molecule has 6 heteroatoms. The molecule has 0 aliphatic carbocycles. The second-order valence-corrected chi connectivity index (χ2v) is 7.04. The van der Waals surface area contributed by atoms with Crippen LogP contribution in [-0.2, 0) is 16.1 Å². The number of benzene rings is 2. The van der Waals surface area contributed by atoms with Crippen LogP contribution in [0.1, 0.15) is 36.5 Å². The highest BCUT2D eigenvalue weighted by Gasteiger charge is 2.08. The lowest BCUT2D eigenvalue weighted by atomic mass is 10.1. The van der Waals surface area contributed by atoms with Crippen molar-refractivity contribution in [1.82, 2.24) is 10.6 Å². The number of rotatable bonds is 11. The maximum Gasteiger partial charge on any atom is 0.262 e. The predicted octanol–water partition coefficient (Wildman–Crippen LogP) is 3.81. The number of hydrogen-bond acceptors (Lipinski definition) is 4. The Kier molecular flexibility index (Phi) is 8.94. The Bertz CT molecular complexity index is 875. The fraction of sp³-hybridized carbons (Fsp3) is 0.333. The highest BCUT2D eigenvalue weighted by molar-refractivity contribution is 5.80. The lowest BCUT2D eigenvalue weighted by Crippen LogP contribution is -2.29. The van der Waals surface area contributed by atoms with Crippen molar-refractivity contribution in [3.63, 3.8) is 0 Å².